The third-order valence-electron chi connectivity index (χ3n) is 4.78. The predicted octanol–water partition coefficient (Wildman–Crippen LogP) is 3.39. The summed E-state index contributed by atoms with van der Waals surface area (Å²) in [5.74, 6) is 1.72. The second-order valence-electron chi connectivity index (χ2n) is 6.48. The Morgan fingerprint density at radius 2 is 2.12 bits per heavy atom. The molecular formula is C18H19ClN4O2. The van der Waals surface area contributed by atoms with Crippen molar-refractivity contribution in [3.8, 4) is 0 Å². The van der Waals surface area contributed by atoms with Crippen LogP contribution in [0.2, 0.25) is 5.02 Å². The summed E-state index contributed by atoms with van der Waals surface area (Å²) >= 11 is 6.08. The molecule has 0 bridgehead atoms. The maximum atomic E-state index is 12.7. The summed E-state index contributed by atoms with van der Waals surface area (Å²) in [5, 5.41) is 5.61. The largest absolute Gasteiger partial charge is 0.341 e. The van der Waals surface area contributed by atoms with E-state index in [9.17, 15) is 4.79 Å². The highest BCUT2D eigenvalue weighted by molar-refractivity contribution is 6.31. The molecule has 0 saturated carbocycles. The zero-order valence-corrected chi connectivity index (χ0v) is 14.7. The van der Waals surface area contributed by atoms with Gasteiger partial charge in [-0.3, -0.25) is 4.79 Å². The summed E-state index contributed by atoms with van der Waals surface area (Å²) in [6.07, 6.45) is 3.64. The van der Waals surface area contributed by atoms with E-state index in [0.29, 0.717) is 36.4 Å². The van der Waals surface area contributed by atoms with Gasteiger partial charge in [0.2, 0.25) is 11.8 Å². The SMILES string of the molecule is Cc1noc(C2CCN(C(=O)Cn3ccc4ccc(Cl)cc43)CC2)n1. The van der Waals surface area contributed by atoms with Gasteiger partial charge in [-0.15, -0.1) is 0 Å². The van der Waals surface area contributed by atoms with Gasteiger partial charge in [-0.2, -0.15) is 4.98 Å². The molecular weight excluding hydrogens is 340 g/mol. The van der Waals surface area contributed by atoms with Gasteiger partial charge < -0.3 is 14.0 Å². The Morgan fingerprint density at radius 3 is 2.84 bits per heavy atom. The van der Waals surface area contributed by atoms with Crippen LogP contribution in [0.4, 0.5) is 0 Å². The van der Waals surface area contributed by atoms with E-state index < -0.39 is 0 Å². The van der Waals surface area contributed by atoms with E-state index in [1.54, 1.807) is 0 Å². The number of halogens is 1. The number of benzene rings is 1. The monoisotopic (exact) mass is 358 g/mol. The molecule has 1 amide bonds. The third-order valence-corrected chi connectivity index (χ3v) is 5.02. The second-order valence-corrected chi connectivity index (χ2v) is 6.92. The Morgan fingerprint density at radius 1 is 1.32 bits per heavy atom. The lowest BCUT2D eigenvalue weighted by Gasteiger charge is -2.30. The molecule has 0 spiro atoms. The number of aryl methyl sites for hydroxylation is 1. The van der Waals surface area contributed by atoms with Crippen molar-refractivity contribution in [3.05, 3.63) is 47.2 Å². The van der Waals surface area contributed by atoms with E-state index in [1.807, 2.05) is 46.9 Å². The van der Waals surface area contributed by atoms with Crippen LogP contribution in [-0.4, -0.2) is 38.6 Å². The highest BCUT2D eigenvalue weighted by Gasteiger charge is 2.27. The molecule has 25 heavy (non-hydrogen) atoms. The standard InChI is InChI=1S/C18H19ClN4O2/c1-12-20-18(25-21-12)14-5-7-22(8-6-14)17(24)11-23-9-4-13-2-3-15(19)10-16(13)23/h2-4,9-10,14H,5-8,11H2,1H3. The van der Waals surface area contributed by atoms with Gasteiger partial charge in [0.15, 0.2) is 5.82 Å². The molecule has 1 fully saturated rings. The normalized spacial score (nSPS) is 15.8. The number of hydrogen-bond acceptors (Lipinski definition) is 4. The smallest absolute Gasteiger partial charge is 0.242 e. The maximum Gasteiger partial charge on any atom is 0.242 e. The van der Waals surface area contributed by atoms with E-state index in [-0.39, 0.29) is 11.8 Å². The van der Waals surface area contributed by atoms with E-state index in [1.165, 1.54) is 0 Å². The summed E-state index contributed by atoms with van der Waals surface area (Å²) < 4.78 is 7.22. The van der Waals surface area contributed by atoms with Crippen LogP contribution in [0.5, 0.6) is 0 Å². The highest BCUT2D eigenvalue weighted by Crippen LogP contribution is 2.27. The number of piperidine rings is 1. The summed E-state index contributed by atoms with van der Waals surface area (Å²) in [6, 6.07) is 7.73. The second kappa shape index (κ2) is 6.52. The molecule has 1 saturated heterocycles. The van der Waals surface area contributed by atoms with Gasteiger partial charge in [0, 0.05) is 35.7 Å². The van der Waals surface area contributed by atoms with Gasteiger partial charge in [-0.1, -0.05) is 22.8 Å². The molecule has 4 rings (SSSR count). The minimum atomic E-state index is 0.123. The van der Waals surface area contributed by atoms with Crippen LogP contribution in [-0.2, 0) is 11.3 Å². The van der Waals surface area contributed by atoms with Crippen LogP contribution in [0.15, 0.2) is 35.0 Å². The lowest BCUT2D eigenvalue weighted by Crippen LogP contribution is -2.39. The molecule has 7 heteroatoms. The Kier molecular flexibility index (Phi) is 4.21. The quantitative estimate of drug-likeness (QED) is 0.719. The predicted molar refractivity (Wildman–Crippen MR) is 94.5 cm³/mol. The summed E-state index contributed by atoms with van der Waals surface area (Å²) in [7, 11) is 0. The number of likely N-dealkylation sites (tertiary alicyclic amines) is 1. The van der Waals surface area contributed by atoms with Crippen molar-refractivity contribution in [1.29, 1.82) is 0 Å². The molecule has 1 aliphatic heterocycles. The first-order valence-electron chi connectivity index (χ1n) is 8.42. The first-order chi connectivity index (χ1) is 12.1. The van der Waals surface area contributed by atoms with Crippen LogP contribution in [0, 0.1) is 6.92 Å². The van der Waals surface area contributed by atoms with Crippen molar-refractivity contribution in [2.45, 2.75) is 32.2 Å². The van der Waals surface area contributed by atoms with Crippen LogP contribution in [0.3, 0.4) is 0 Å². The van der Waals surface area contributed by atoms with E-state index in [2.05, 4.69) is 10.1 Å². The van der Waals surface area contributed by atoms with Crippen molar-refractivity contribution in [2.24, 2.45) is 0 Å². The first kappa shape index (κ1) is 16.1. The van der Waals surface area contributed by atoms with E-state index in [0.717, 1.165) is 23.7 Å². The molecule has 3 heterocycles. The van der Waals surface area contributed by atoms with Crippen molar-refractivity contribution >= 4 is 28.4 Å². The molecule has 0 radical (unpaired) electrons. The lowest BCUT2D eigenvalue weighted by atomic mass is 9.97. The van der Waals surface area contributed by atoms with Gasteiger partial charge in [0.25, 0.3) is 0 Å². The molecule has 2 aromatic heterocycles. The zero-order valence-electron chi connectivity index (χ0n) is 14.0. The number of hydrogen-bond donors (Lipinski definition) is 0. The van der Waals surface area contributed by atoms with Gasteiger partial charge in [0.05, 0.1) is 0 Å². The Balaban J connectivity index is 1.41. The van der Waals surface area contributed by atoms with Crippen LogP contribution in [0.25, 0.3) is 10.9 Å². The molecule has 0 atom stereocenters. The molecule has 1 aliphatic rings. The maximum absolute atomic E-state index is 12.7. The molecule has 0 aliphatic carbocycles. The van der Waals surface area contributed by atoms with Gasteiger partial charge >= 0.3 is 0 Å². The Hall–Kier alpha value is -2.34. The minimum Gasteiger partial charge on any atom is -0.341 e. The van der Waals surface area contributed by atoms with Crippen molar-refractivity contribution in [1.82, 2.24) is 19.6 Å². The topological polar surface area (TPSA) is 64.2 Å². The van der Waals surface area contributed by atoms with Crippen LogP contribution in [0.1, 0.15) is 30.5 Å². The molecule has 0 unspecified atom stereocenters. The summed E-state index contributed by atoms with van der Waals surface area (Å²) in [4.78, 5) is 18.9. The minimum absolute atomic E-state index is 0.123. The van der Waals surface area contributed by atoms with Crippen molar-refractivity contribution in [3.63, 3.8) is 0 Å². The van der Waals surface area contributed by atoms with Gasteiger partial charge in [-0.05, 0) is 43.4 Å². The van der Waals surface area contributed by atoms with E-state index >= 15 is 0 Å². The average Bonchev–Trinajstić information content (AvgIpc) is 3.22. The fraction of sp³-hybridized carbons (Fsp3) is 0.389. The number of aromatic nitrogens is 3. The summed E-state index contributed by atoms with van der Waals surface area (Å²) in [5.41, 5.74) is 0.983. The number of amides is 1. The Bertz CT molecular complexity index is 909. The van der Waals surface area contributed by atoms with Gasteiger partial charge in [-0.25, -0.2) is 0 Å². The molecule has 1 aromatic carbocycles. The van der Waals surface area contributed by atoms with E-state index in [4.69, 9.17) is 16.1 Å². The molecule has 6 nitrogen and oxygen atoms in total. The average molecular weight is 359 g/mol. The van der Waals surface area contributed by atoms with Crippen molar-refractivity contribution in [2.75, 3.05) is 13.1 Å². The van der Waals surface area contributed by atoms with Crippen LogP contribution < -0.4 is 0 Å². The number of rotatable bonds is 3. The number of nitrogens with zero attached hydrogens (tertiary/aromatic N) is 4. The van der Waals surface area contributed by atoms with Crippen molar-refractivity contribution < 1.29 is 9.32 Å². The van der Waals surface area contributed by atoms with Gasteiger partial charge in [0.1, 0.15) is 6.54 Å². The number of carbonyl (C=O) groups excluding carboxylic acids is 1. The fourth-order valence-electron chi connectivity index (χ4n) is 3.40. The first-order valence-corrected chi connectivity index (χ1v) is 8.80. The lowest BCUT2D eigenvalue weighted by molar-refractivity contribution is -0.132. The van der Waals surface area contributed by atoms with Crippen LogP contribution >= 0.6 is 11.6 Å². The summed E-state index contributed by atoms with van der Waals surface area (Å²) in [6.45, 7) is 3.57. The zero-order chi connectivity index (χ0) is 17.4. The number of fused-ring (bicyclic) bond motifs is 1. The molecule has 3 aromatic rings. The Labute approximate surface area is 150 Å². The fourth-order valence-corrected chi connectivity index (χ4v) is 3.56. The molecule has 0 N–H and O–H groups in total. The number of carbonyl (C=O) groups is 1. The molecule has 130 valence electrons. The third kappa shape index (κ3) is 3.26. The highest BCUT2D eigenvalue weighted by atomic mass is 35.5.